The molecule has 1 rings (SSSR count). The monoisotopic (exact) mass is 348 g/mol. The van der Waals surface area contributed by atoms with E-state index in [1.54, 1.807) is 0 Å². The Balaban J connectivity index is 2.70. The van der Waals surface area contributed by atoms with Crippen LogP contribution in [-0.2, 0) is 17.9 Å². The van der Waals surface area contributed by atoms with Gasteiger partial charge in [-0.05, 0) is 29.0 Å². The van der Waals surface area contributed by atoms with Crippen molar-refractivity contribution >= 4 is 22.6 Å². The predicted octanol–water partition coefficient (Wildman–Crippen LogP) is 2.98. The van der Waals surface area contributed by atoms with Gasteiger partial charge in [-0.15, -0.1) is 0 Å². The third kappa shape index (κ3) is 4.28. The van der Waals surface area contributed by atoms with Gasteiger partial charge in [0, 0.05) is 6.61 Å². The highest BCUT2D eigenvalue weighted by atomic mass is 127. The fourth-order valence-corrected chi connectivity index (χ4v) is 1.71. The minimum atomic E-state index is -4.26. The third-order valence-corrected chi connectivity index (χ3v) is 2.72. The van der Waals surface area contributed by atoms with E-state index in [-0.39, 0.29) is 6.61 Å². The summed E-state index contributed by atoms with van der Waals surface area (Å²) in [6, 6.07) is 0. The first-order valence-electron chi connectivity index (χ1n) is 4.78. The van der Waals surface area contributed by atoms with Crippen LogP contribution in [0.2, 0.25) is 0 Å². The SMILES string of the molecule is CCCOCc1c(I)cnn1CC(F)(F)F. The maximum Gasteiger partial charge on any atom is 0.408 e. The Hall–Kier alpha value is -0.310. The van der Waals surface area contributed by atoms with Gasteiger partial charge < -0.3 is 4.74 Å². The standard InChI is InChI=1S/C9H12F3IN2O/c1-2-3-16-5-8-7(13)4-14-15(8)6-9(10,11)12/h4H,2-3,5-6H2,1H3. The molecule has 0 saturated heterocycles. The lowest BCUT2D eigenvalue weighted by molar-refractivity contribution is -0.143. The van der Waals surface area contributed by atoms with Crippen LogP contribution in [0.1, 0.15) is 19.0 Å². The lowest BCUT2D eigenvalue weighted by Gasteiger charge is -2.10. The Morgan fingerprint density at radius 1 is 1.50 bits per heavy atom. The van der Waals surface area contributed by atoms with Crippen molar-refractivity contribution in [1.29, 1.82) is 0 Å². The molecule has 0 atom stereocenters. The van der Waals surface area contributed by atoms with E-state index in [9.17, 15) is 13.2 Å². The van der Waals surface area contributed by atoms with Crippen molar-refractivity contribution in [2.75, 3.05) is 6.61 Å². The number of halogens is 4. The van der Waals surface area contributed by atoms with Crippen molar-refractivity contribution in [3.05, 3.63) is 15.5 Å². The highest BCUT2D eigenvalue weighted by Gasteiger charge is 2.29. The summed E-state index contributed by atoms with van der Waals surface area (Å²) in [7, 11) is 0. The average Bonchev–Trinajstić information content (AvgIpc) is 2.47. The smallest absolute Gasteiger partial charge is 0.375 e. The largest absolute Gasteiger partial charge is 0.408 e. The number of rotatable bonds is 5. The van der Waals surface area contributed by atoms with Gasteiger partial charge in [0.1, 0.15) is 6.54 Å². The number of aromatic nitrogens is 2. The molecule has 0 aliphatic heterocycles. The Bertz CT molecular complexity index is 338. The molecule has 0 saturated carbocycles. The van der Waals surface area contributed by atoms with Gasteiger partial charge in [-0.1, -0.05) is 6.92 Å². The zero-order valence-corrected chi connectivity index (χ0v) is 10.9. The number of ether oxygens (including phenoxy) is 1. The molecule has 0 spiro atoms. The van der Waals surface area contributed by atoms with Gasteiger partial charge in [-0.3, -0.25) is 4.68 Å². The van der Waals surface area contributed by atoms with E-state index in [0.717, 1.165) is 11.1 Å². The zero-order valence-electron chi connectivity index (χ0n) is 8.72. The molecule has 1 heterocycles. The topological polar surface area (TPSA) is 27.1 Å². The zero-order chi connectivity index (χ0) is 12.2. The number of nitrogens with zero attached hydrogens (tertiary/aromatic N) is 2. The molecule has 0 radical (unpaired) electrons. The second-order valence-electron chi connectivity index (χ2n) is 3.26. The number of hydrogen-bond donors (Lipinski definition) is 0. The van der Waals surface area contributed by atoms with Crippen LogP contribution in [-0.4, -0.2) is 22.6 Å². The third-order valence-electron chi connectivity index (χ3n) is 1.81. The van der Waals surface area contributed by atoms with Gasteiger partial charge in [0.15, 0.2) is 0 Å². The van der Waals surface area contributed by atoms with Gasteiger partial charge >= 0.3 is 6.18 Å². The molecule has 0 N–H and O–H groups in total. The molecule has 0 amide bonds. The minimum absolute atomic E-state index is 0.169. The fourth-order valence-electron chi connectivity index (χ4n) is 1.15. The summed E-state index contributed by atoms with van der Waals surface area (Å²) in [4.78, 5) is 0. The molecule has 0 unspecified atom stereocenters. The normalized spacial score (nSPS) is 12.1. The first-order valence-corrected chi connectivity index (χ1v) is 5.86. The maximum absolute atomic E-state index is 12.2. The van der Waals surface area contributed by atoms with Crippen molar-refractivity contribution in [3.63, 3.8) is 0 Å². The Morgan fingerprint density at radius 3 is 2.75 bits per heavy atom. The second-order valence-corrected chi connectivity index (χ2v) is 4.43. The molecule has 7 heteroatoms. The van der Waals surface area contributed by atoms with Gasteiger partial charge in [-0.2, -0.15) is 18.3 Å². The van der Waals surface area contributed by atoms with Crippen LogP contribution in [0.25, 0.3) is 0 Å². The minimum Gasteiger partial charge on any atom is -0.375 e. The van der Waals surface area contributed by atoms with Crippen molar-refractivity contribution in [3.8, 4) is 0 Å². The van der Waals surface area contributed by atoms with Crippen LogP contribution in [0, 0.1) is 3.57 Å². The highest BCUT2D eigenvalue weighted by molar-refractivity contribution is 14.1. The van der Waals surface area contributed by atoms with E-state index >= 15 is 0 Å². The molecular weight excluding hydrogens is 336 g/mol. The van der Waals surface area contributed by atoms with E-state index in [2.05, 4.69) is 5.10 Å². The van der Waals surface area contributed by atoms with Crippen LogP contribution in [0.3, 0.4) is 0 Å². The van der Waals surface area contributed by atoms with E-state index in [1.165, 1.54) is 6.20 Å². The summed E-state index contributed by atoms with van der Waals surface area (Å²) in [5.74, 6) is 0. The summed E-state index contributed by atoms with van der Waals surface area (Å²) in [5, 5.41) is 3.69. The van der Waals surface area contributed by atoms with Crippen LogP contribution >= 0.6 is 22.6 Å². The van der Waals surface area contributed by atoms with Crippen LogP contribution in [0.15, 0.2) is 6.20 Å². The van der Waals surface area contributed by atoms with E-state index in [4.69, 9.17) is 4.74 Å². The van der Waals surface area contributed by atoms with Crippen LogP contribution in [0.5, 0.6) is 0 Å². The quantitative estimate of drug-likeness (QED) is 0.604. The summed E-state index contributed by atoms with van der Waals surface area (Å²) in [5.41, 5.74) is 0.478. The lowest BCUT2D eigenvalue weighted by atomic mass is 10.4. The molecule has 0 fully saturated rings. The molecule has 16 heavy (non-hydrogen) atoms. The summed E-state index contributed by atoms with van der Waals surface area (Å²) in [6.45, 7) is 1.58. The van der Waals surface area contributed by atoms with Gasteiger partial charge in [0.05, 0.1) is 22.1 Å². The summed E-state index contributed by atoms with van der Waals surface area (Å²) < 4.78 is 43.5. The van der Waals surface area contributed by atoms with Crippen molar-refractivity contribution in [1.82, 2.24) is 9.78 Å². The van der Waals surface area contributed by atoms with E-state index < -0.39 is 12.7 Å². The summed E-state index contributed by atoms with van der Waals surface area (Å²) in [6.07, 6.45) is -2.00. The Kier molecular flexibility index (Phi) is 5.03. The average molecular weight is 348 g/mol. The first-order chi connectivity index (χ1) is 7.44. The number of alkyl halides is 3. The van der Waals surface area contributed by atoms with Crippen molar-refractivity contribution in [2.24, 2.45) is 0 Å². The van der Waals surface area contributed by atoms with E-state index in [0.29, 0.717) is 15.9 Å². The first kappa shape index (κ1) is 13.8. The molecule has 0 bridgehead atoms. The van der Waals surface area contributed by atoms with Gasteiger partial charge in [-0.25, -0.2) is 0 Å². The van der Waals surface area contributed by atoms with Gasteiger partial charge in [0.2, 0.25) is 0 Å². The van der Waals surface area contributed by atoms with Crippen LogP contribution in [0.4, 0.5) is 13.2 Å². The molecule has 0 aliphatic carbocycles. The highest BCUT2D eigenvalue weighted by Crippen LogP contribution is 2.20. The Labute approximate surface area is 105 Å². The van der Waals surface area contributed by atoms with Crippen molar-refractivity contribution < 1.29 is 17.9 Å². The summed E-state index contributed by atoms with van der Waals surface area (Å²) >= 11 is 1.95. The molecule has 0 aliphatic rings. The van der Waals surface area contributed by atoms with Crippen LogP contribution < -0.4 is 0 Å². The second kappa shape index (κ2) is 5.85. The van der Waals surface area contributed by atoms with Gasteiger partial charge in [0.25, 0.3) is 0 Å². The fraction of sp³-hybridized carbons (Fsp3) is 0.667. The maximum atomic E-state index is 12.2. The predicted molar refractivity (Wildman–Crippen MR) is 60.9 cm³/mol. The lowest BCUT2D eigenvalue weighted by Crippen LogP contribution is -2.21. The molecular formula is C9H12F3IN2O. The Morgan fingerprint density at radius 2 is 2.19 bits per heavy atom. The molecule has 1 aromatic heterocycles. The molecule has 1 aromatic rings. The number of hydrogen-bond acceptors (Lipinski definition) is 2. The molecule has 3 nitrogen and oxygen atoms in total. The van der Waals surface area contributed by atoms with E-state index in [1.807, 2.05) is 29.5 Å². The molecule has 92 valence electrons. The van der Waals surface area contributed by atoms with Crippen molar-refractivity contribution in [2.45, 2.75) is 32.7 Å². The molecule has 0 aromatic carbocycles.